The number of likely N-dealkylation sites (N-methyl/N-ethyl adjacent to an activating group) is 1. The van der Waals surface area contributed by atoms with Crippen LogP contribution in [0.2, 0.25) is 0 Å². The smallest absolute Gasteiger partial charge is 0.239 e. The minimum absolute atomic E-state index is 0.0713. The van der Waals surface area contributed by atoms with E-state index in [2.05, 4.69) is 0 Å². The van der Waals surface area contributed by atoms with Gasteiger partial charge in [0.05, 0.1) is 11.8 Å². The van der Waals surface area contributed by atoms with Crippen LogP contribution in [0.4, 0.5) is 0 Å². The van der Waals surface area contributed by atoms with Gasteiger partial charge in [-0.3, -0.25) is 4.79 Å². The molecule has 2 N–H and O–H groups in total. The number of aryl methyl sites for hydroxylation is 1. The number of carbonyl (C=O) groups is 1. The number of nitrogens with zero attached hydrogens (tertiary/aromatic N) is 1. The first-order chi connectivity index (χ1) is 9.20. The summed E-state index contributed by atoms with van der Waals surface area (Å²) in [5, 5.41) is 0. The van der Waals surface area contributed by atoms with Crippen LogP contribution in [0.3, 0.4) is 0 Å². The Hall–Kier alpha value is -1.40. The fourth-order valence-corrected chi connectivity index (χ4v) is 2.55. The summed E-state index contributed by atoms with van der Waals surface area (Å²) in [6.45, 7) is 2.45. The predicted molar refractivity (Wildman–Crippen MR) is 80.0 cm³/mol. The molecule has 0 saturated carbocycles. The van der Waals surface area contributed by atoms with Gasteiger partial charge in [-0.25, -0.2) is 8.42 Å². The maximum atomic E-state index is 12.1. The molecular weight excluding hydrogens is 276 g/mol. The molecule has 0 fully saturated rings. The second kappa shape index (κ2) is 6.85. The van der Waals surface area contributed by atoms with Crippen molar-refractivity contribution >= 4 is 15.7 Å². The third-order valence-electron chi connectivity index (χ3n) is 3.16. The molecular formula is C14H22N2O3S. The Morgan fingerprint density at radius 1 is 1.35 bits per heavy atom. The van der Waals surface area contributed by atoms with Crippen molar-refractivity contribution in [1.29, 1.82) is 0 Å². The molecule has 5 nitrogen and oxygen atoms in total. The van der Waals surface area contributed by atoms with Crippen molar-refractivity contribution in [2.24, 2.45) is 5.73 Å². The van der Waals surface area contributed by atoms with Crippen LogP contribution in [-0.4, -0.2) is 44.3 Å². The maximum absolute atomic E-state index is 12.1. The lowest BCUT2D eigenvalue weighted by molar-refractivity contribution is -0.131. The van der Waals surface area contributed by atoms with Crippen LogP contribution in [0.1, 0.15) is 17.5 Å². The number of nitrogens with two attached hydrogens (primary N) is 1. The first-order valence-corrected chi connectivity index (χ1v) is 8.49. The number of amides is 1. The Labute approximate surface area is 120 Å². The number of hydrogen-bond acceptors (Lipinski definition) is 4. The molecule has 0 aromatic heterocycles. The van der Waals surface area contributed by atoms with E-state index >= 15 is 0 Å². The molecule has 1 aromatic rings. The fourth-order valence-electron chi connectivity index (χ4n) is 1.87. The molecule has 0 heterocycles. The Balaban J connectivity index is 2.61. The SMILES string of the molecule is Cc1ccccc1CN(C)C(=O)C(N)CCS(C)(=O)=O. The number of carbonyl (C=O) groups excluding carboxylic acids is 1. The van der Waals surface area contributed by atoms with Gasteiger partial charge in [-0.05, 0) is 24.5 Å². The molecule has 1 atom stereocenters. The van der Waals surface area contributed by atoms with Crippen LogP contribution >= 0.6 is 0 Å². The predicted octanol–water partition coefficient (Wildman–Crippen LogP) is 0.715. The summed E-state index contributed by atoms with van der Waals surface area (Å²) in [6, 6.07) is 7.03. The highest BCUT2D eigenvalue weighted by Crippen LogP contribution is 2.10. The van der Waals surface area contributed by atoms with E-state index in [0.717, 1.165) is 17.4 Å². The van der Waals surface area contributed by atoms with Gasteiger partial charge in [-0.1, -0.05) is 24.3 Å². The van der Waals surface area contributed by atoms with Crippen LogP contribution in [0.25, 0.3) is 0 Å². The van der Waals surface area contributed by atoms with Crippen molar-refractivity contribution in [1.82, 2.24) is 4.90 Å². The molecule has 0 aliphatic carbocycles. The molecule has 1 amide bonds. The normalized spacial score (nSPS) is 13.0. The summed E-state index contributed by atoms with van der Waals surface area (Å²) in [5.41, 5.74) is 7.92. The largest absolute Gasteiger partial charge is 0.340 e. The molecule has 0 aliphatic heterocycles. The summed E-state index contributed by atoms with van der Waals surface area (Å²) in [6.07, 6.45) is 1.29. The van der Waals surface area contributed by atoms with Gasteiger partial charge in [0.15, 0.2) is 0 Å². The monoisotopic (exact) mass is 298 g/mol. The number of benzene rings is 1. The summed E-state index contributed by atoms with van der Waals surface area (Å²) < 4.78 is 22.2. The molecule has 1 unspecified atom stereocenters. The Morgan fingerprint density at radius 2 is 1.95 bits per heavy atom. The van der Waals surface area contributed by atoms with Gasteiger partial charge in [-0.15, -0.1) is 0 Å². The van der Waals surface area contributed by atoms with Crippen molar-refractivity contribution in [2.45, 2.75) is 25.9 Å². The average molecular weight is 298 g/mol. The van der Waals surface area contributed by atoms with Gasteiger partial charge in [0.25, 0.3) is 0 Å². The summed E-state index contributed by atoms with van der Waals surface area (Å²) in [4.78, 5) is 13.6. The lowest BCUT2D eigenvalue weighted by atomic mass is 10.1. The number of sulfone groups is 1. The third-order valence-corrected chi connectivity index (χ3v) is 4.14. The van der Waals surface area contributed by atoms with Crippen LogP contribution in [0.5, 0.6) is 0 Å². The first-order valence-electron chi connectivity index (χ1n) is 6.43. The third kappa shape index (κ3) is 5.30. The number of rotatable bonds is 6. The lowest BCUT2D eigenvalue weighted by Crippen LogP contribution is -2.42. The van der Waals surface area contributed by atoms with Crippen LogP contribution in [-0.2, 0) is 21.2 Å². The highest BCUT2D eigenvalue weighted by atomic mass is 32.2. The fraction of sp³-hybridized carbons (Fsp3) is 0.500. The van der Waals surface area contributed by atoms with Gasteiger partial charge < -0.3 is 10.6 Å². The van der Waals surface area contributed by atoms with Crippen LogP contribution < -0.4 is 5.73 Å². The standard InChI is InChI=1S/C14H22N2O3S/c1-11-6-4-5-7-12(11)10-16(2)14(17)13(15)8-9-20(3,18)19/h4-7,13H,8-10,15H2,1-3H3. The van der Waals surface area contributed by atoms with Gasteiger partial charge in [0, 0.05) is 19.8 Å². The van der Waals surface area contributed by atoms with E-state index in [4.69, 9.17) is 5.73 Å². The van der Waals surface area contributed by atoms with Gasteiger partial charge in [0.2, 0.25) is 5.91 Å². The van der Waals surface area contributed by atoms with E-state index in [1.165, 1.54) is 4.90 Å². The van der Waals surface area contributed by atoms with Crippen molar-refractivity contribution in [3.05, 3.63) is 35.4 Å². The first kappa shape index (κ1) is 16.7. The van der Waals surface area contributed by atoms with E-state index in [1.54, 1.807) is 7.05 Å². The van der Waals surface area contributed by atoms with Crippen molar-refractivity contribution in [3.63, 3.8) is 0 Å². The van der Waals surface area contributed by atoms with E-state index in [-0.39, 0.29) is 18.1 Å². The molecule has 20 heavy (non-hydrogen) atoms. The van der Waals surface area contributed by atoms with Crippen molar-refractivity contribution < 1.29 is 13.2 Å². The van der Waals surface area contributed by atoms with Crippen molar-refractivity contribution in [2.75, 3.05) is 19.1 Å². The maximum Gasteiger partial charge on any atom is 0.239 e. The molecule has 0 aliphatic rings. The Morgan fingerprint density at radius 3 is 2.50 bits per heavy atom. The minimum Gasteiger partial charge on any atom is -0.340 e. The highest BCUT2D eigenvalue weighted by Gasteiger charge is 2.20. The minimum atomic E-state index is -3.09. The van der Waals surface area contributed by atoms with Crippen LogP contribution in [0.15, 0.2) is 24.3 Å². The van der Waals surface area contributed by atoms with Gasteiger partial charge >= 0.3 is 0 Å². The summed E-state index contributed by atoms with van der Waals surface area (Å²) in [7, 11) is -1.42. The molecule has 0 radical (unpaired) electrons. The van der Waals surface area contributed by atoms with Crippen LogP contribution in [0, 0.1) is 6.92 Å². The molecule has 0 bridgehead atoms. The second-order valence-corrected chi connectivity index (χ2v) is 7.41. The zero-order valence-electron chi connectivity index (χ0n) is 12.2. The topological polar surface area (TPSA) is 80.5 Å². The van der Waals surface area contributed by atoms with E-state index in [1.807, 2.05) is 31.2 Å². The zero-order chi connectivity index (χ0) is 15.3. The van der Waals surface area contributed by atoms with E-state index < -0.39 is 15.9 Å². The molecule has 1 rings (SSSR count). The molecule has 1 aromatic carbocycles. The molecule has 0 saturated heterocycles. The molecule has 0 spiro atoms. The van der Waals surface area contributed by atoms with E-state index in [9.17, 15) is 13.2 Å². The Kier molecular flexibility index (Phi) is 5.71. The van der Waals surface area contributed by atoms with Gasteiger partial charge in [-0.2, -0.15) is 0 Å². The van der Waals surface area contributed by atoms with Crippen molar-refractivity contribution in [3.8, 4) is 0 Å². The second-order valence-electron chi connectivity index (χ2n) is 5.15. The quantitative estimate of drug-likeness (QED) is 0.839. The average Bonchev–Trinajstić information content (AvgIpc) is 2.36. The Bertz CT molecular complexity index is 570. The van der Waals surface area contributed by atoms with E-state index in [0.29, 0.717) is 6.54 Å². The molecule has 6 heteroatoms. The molecule has 112 valence electrons. The summed E-state index contributed by atoms with van der Waals surface area (Å²) in [5.74, 6) is -0.310. The lowest BCUT2D eigenvalue weighted by Gasteiger charge is -2.22. The number of hydrogen-bond donors (Lipinski definition) is 1. The summed E-state index contributed by atoms with van der Waals surface area (Å²) >= 11 is 0. The zero-order valence-corrected chi connectivity index (χ0v) is 13.0. The van der Waals surface area contributed by atoms with Gasteiger partial charge in [0.1, 0.15) is 9.84 Å². The highest BCUT2D eigenvalue weighted by molar-refractivity contribution is 7.90.